The lowest BCUT2D eigenvalue weighted by Gasteiger charge is -2.02. The first-order chi connectivity index (χ1) is 4.00. The lowest BCUT2D eigenvalue weighted by atomic mass is 10.2. The topological polar surface area (TPSA) is 12.0 Å². The Balaban J connectivity index is 0.000000222. The summed E-state index contributed by atoms with van der Waals surface area (Å²) in [6, 6.07) is 0. The molecule has 0 spiro atoms. The van der Waals surface area contributed by atoms with Gasteiger partial charge in [-0.1, -0.05) is 19.9 Å². The van der Waals surface area contributed by atoms with E-state index in [1.165, 1.54) is 12.8 Å². The van der Waals surface area contributed by atoms with E-state index in [-0.39, 0.29) is 0 Å². The average molecular weight is 113 g/mol. The predicted octanol–water partition coefficient (Wildman–Crippen LogP) is 1.91. The number of hydrogen-bond donors (Lipinski definition) is 1. The van der Waals surface area contributed by atoms with Crippen molar-refractivity contribution >= 4 is 0 Å². The van der Waals surface area contributed by atoms with Gasteiger partial charge in [0.1, 0.15) is 0 Å². The third kappa shape index (κ3) is 3.72. The smallest absolute Gasteiger partial charge is 0.0144 e. The molecular formula is C7H15N. The quantitative estimate of drug-likeness (QED) is 0.506. The molecule has 0 radical (unpaired) electrons. The van der Waals surface area contributed by atoms with Gasteiger partial charge in [0, 0.05) is 6.54 Å². The van der Waals surface area contributed by atoms with Gasteiger partial charge in [-0.05, 0) is 19.0 Å². The molecule has 0 amide bonds. The van der Waals surface area contributed by atoms with Crippen LogP contribution in [-0.4, -0.2) is 6.54 Å². The maximum Gasteiger partial charge on any atom is 0.0144 e. The van der Waals surface area contributed by atoms with Crippen molar-refractivity contribution in [1.82, 2.24) is 5.32 Å². The SMILES string of the molecule is C1=CNCCC1.CC. The van der Waals surface area contributed by atoms with E-state index < -0.39 is 0 Å². The summed E-state index contributed by atoms with van der Waals surface area (Å²) in [5.74, 6) is 0. The van der Waals surface area contributed by atoms with Crippen LogP contribution in [0.2, 0.25) is 0 Å². The molecule has 0 aromatic carbocycles. The van der Waals surface area contributed by atoms with Gasteiger partial charge in [0.25, 0.3) is 0 Å². The van der Waals surface area contributed by atoms with Gasteiger partial charge in [0.2, 0.25) is 0 Å². The van der Waals surface area contributed by atoms with Crippen LogP contribution in [-0.2, 0) is 0 Å². The van der Waals surface area contributed by atoms with Crippen molar-refractivity contribution in [2.75, 3.05) is 6.54 Å². The van der Waals surface area contributed by atoms with E-state index >= 15 is 0 Å². The summed E-state index contributed by atoms with van der Waals surface area (Å²) >= 11 is 0. The minimum atomic E-state index is 1.16. The minimum absolute atomic E-state index is 1.16. The van der Waals surface area contributed by atoms with Gasteiger partial charge in [-0.2, -0.15) is 0 Å². The monoisotopic (exact) mass is 113 g/mol. The van der Waals surface area contributed by atoms with Crippen LogP contribution < -0.4 is 5.32 Å². The maximum atomic E-state index is 3.10. The minimum Gasteiger partial charge on any atom is -0.391 e. The van der Waals surface area contributed by atoms with Crippen LogP contribution in [0, 0.1) is 0 Å². The molecule has 0 saturated heterocycles. The van der Waals surface area contributed by atoms with Gasteiger partial charge in [-0.3, -0.25) is 0 Å². The van der Waals surface area contributed by atoms with Crippen molar-refractivity contribution in [2.45, 2.75) is 26.7 Å². The molecule has 1 N–H and O–H groups in total. The largest absolute Gasteiger partial charge is 0.391 e. The van der Waals surface area contributed by atoms with E-state index in [1.54, 1.807) is 0 Å². The van der Waals surface area contributed by atoms with Crippen molar-refractivity contribution < 1.29 is 0 Å². The molecule has 1 aliphatic rings. The normalized spacial score (nSPS) is 15.8. The molecule has 0 atom stereocenters. The Hall–Kier alpha value is -0.460. The summed E-state index contributed by atoms with van der Waals surface area (Å²) in [7, 11) is 0. The van der Waals surface area contributed by atoms with Crippen LogP contribution in [0.4, 0.5) is 0 Å². The van der Waals surface area contributed by atoms with Crippen LogP contribution >= 0.6 is 0 Å². The standard InChI is InChI=1S/C5H9N.C2H6/c1-2-4-6-5-3-1;1-2/h2,4,6H,1,3,5H2;1-2H3. The molecular weight excluding hydrogens is 98.1 g/mol. The van der Waals surface area contributed by atoms with Gasteiger partial charge in [-0.15, -0.1) is 0 Å². The number of nitrogens with one attached hydrogen (secondary N) is 1. The zero-order chi connectivity index (χ0) is 6.24. The van der Waals surface area contributed by atoms with Crippen LogP contribution in [0.25, 0.3) is 0 Å². The van der Waals surface area contributed by atoms with Crippen molar-refractivity contribution in [3.63, 3.8) is 0 Å². The highest BCUT2D eigenvalue weighted by molar-refractivity contribution is 4.83. The Kier molecular flexibility index (Phi) is 6.16. The van der Waals surface area contributed by atoms with E-state index in [2.05, 4.69) is 11.4 Å². The van der Waals surface area contributed by atoms with E-state index in [1.807, 2.05) is 20.0 Å². The molecule has 8 heavy (non-hydrogen) atoms. The molecule has 1 heterocycles. The summed E-state index contributed by atoms with van der Waals surface area (Å²) in [6.07, 6.45) is 6.73. The fraction of sp³-hybridized carbons (Fsp3) is 0.714. The van der Waals surface area contributed by atoms with Gasteiger partial charge in [-0.25, -0.2) is 0 Å². The molecule has 1 nitrogen and oxygen atoms in total. The van der Waals surface area contributed by atoms with Crippen molar-refractivity contribution in [3.8, 4) is 0 Å². The molecule has 0 aromatic heterocycles. The van der Waals surface area contributed by atoms with Gasteiger partial charge in [0.05, 0.1) is 0 Å². The molecule has 0 unspecified atom stereocenters. The Bertz CT molecular complexity index is 49.4. The van der Waals surface area contributed by atoms with Crippen LogP contribution in [0.1, 0.15) is 26.7 Å². The third-order valence-corrected chi connectivity index (χ3v) is 0.928. The summed E-state index contributed by atoms with van der Waals surface area (Å²) in [5, 5.41) is 3.10. The van der Waals surface area contributed by atoms with E-state index in [9.17, 15) is 0 Å². The molecule has 48 valence electrons. The van der Waals surface area contributed by atoms with Crippen LogP contribution in [0.15, 0.2) is 12.3 Å². The molecule has 1 heteroatoms. The second-order valence-corrected chi connectivity index (χ2v) is 1.50. The fourth-order valence-corrected chi connectivity index (χ4v) is 0.572. The zero-order valence-corrected chi connectivity index (χ0v) is 5.78. The zero-order valence-electron chi connectivity index (χ0n) is 5.78. The van der Waals surface area contributed by atoms with Gasteiger partial charge < -0.3 is 5.32 Å². The lowest BCUT2D eigenvalue weighted by Crippen LogP contribution is -2.09. The van der Waals surface area contributed by atoms with Crippen molar-refractivity contribution in [1.29, 1.82) is 0 Å². The molecule has 0 aliphatic carbocycles. The summed E-state index contributed by atoms with van der Waals surface area (Å²) < 4.78 is 0. The first kappa shape index (κ1) is 7.54. The van der Waals surface area contributed by atoms with E-state index in [0.717, 1.165) is 6.54 Å². The molecule has 1 aliphatic heterocycles. The second-order valence-electron chi connectivity index (χ2n) is 1.50. The van der Waals surface area contributed by atoms with Gasteiger partial charge >= 0.3 is 0 Å². The van der Waals surface area contributed by atoms with Crippen LogP contribution in [0.5, 0.6) is 0 Å². The average Bonchev–Trinajstić information content (AvgIpc) is 1.96. The van der Waals surface area contributed by atoms with E-state index in [4.69, 9.17) is 0 Å². The molecule has 1 rings (SSSR count). The Labute approximate surface area is 51.8 Å². The predicted molar refractivity (Wildman–Crippen MR) is 37.7 cm³/mol. The highest BCUT2D eigenvalue weighted by Crippen LogP contribution is 1.91. The Morgan fingerprint density at radius 2 is 2.12 bits per heavy atom. The Morgan fingerprint density at radius 3 is 2.25 bits per heavy atom. The fourth-order valence-electron chi connectivity index (χ4n) is 0.572. The van der Waals surface area contributed by atoms with Crippen molar-refractivity contribution in [3.05, 3.63) is 12.3 Å². The van der Waals surface area contributed by atoms with E-state index in [0.29, 0.717) is 0 Å². The molecule has 0 bridgehead atoms. The van der Waals surface area contributed by atoms with Crippen molar-refractivity contribution in [2.24, 2.45) is 0 Å². The highest BCUT2D eigenvalue weighted by Gasteiger charge is 1.84. The summed E-state index contributed by atoms with van der Waals surface area (Å²) in [6.45, 7) is 5.16. The third-order valence-electron chi connectivity index (χ3n) is 0.928. The van der Waals surface area contributed by atoms with Gasteiger partial charge in [0.15, 0.2) is 0 Å². The first-order valence-electron chi connectivity index (χ1n) is 3.38. The Morgan fingerprint density at radius 1 is 1.38 bits per heavy atom. The summed E-state index contributed by atoms with van der Waals surface area (Å²) in [4.78, 5) is 0. The molecule has 0 aromatic rings. The second kappa shape index (κ2) is 6.54. The first-order valence-corrected chi connectivity index (χ1v) is 3.38. The highest BCUT2D eigenvalue weighted by atomic mass is 14.8. The molecule has 0 saturated carbocycles. The number of allylic oxidation sites excluding steroid dienone is 1. The lowest BCUT2D eigenvalue weighted by molar-refractivity contribution is 0.728. The summed E-state index contributed by atoms with van der Waals surface area (Å²) in [5.41, 5.74) is 0. The maximum absolute atomic E-state index is 3.10. The number of hydrogen-bond acceptors (Lipinski definition) is 1. The molecule has 0 fully saturated rings. The number of rotatable bonds is 0. The van der Waals surface area contributed by atoms with Crippen LogP contribution in [0.3, 0.4) is 0 Å².